The van der Waals surface area contributed by atoms with Gasteiger partial charge in [-0.25, -0.2) is 0 Å². The van der Waals surface area contributed by atoms with Crippen molar-refractivity contribution in [2.75, 3.05) is 6.54 Å². The van der Waals surface area contributed by atoms with E-state index in [-0.39, 0.29) is 19.0 Å². The van der Waals surface area contributed by atoms with Crippen molar-refractivity contribution in [3.8, 4) is 0 Å². The zero-order chi connectivity index (χ0) is 10.2. The Morgan fingerprint density at radius 3 is 2.92 bits per heavy atom. The molecule has 0 aliphatic carbocycles. The predicted molar refractivity (Wildman–Crippen MR) is 58.3 cm³/mol. The highest BCUT2D eigenvalue weighted by Crippen LogP contribution is 2.17. The third kappa shape index (κ3) is 1.85. The number of hydrogen-bond acceptors (Lipinski definition) is 1. The number of halogens is 1. The van der Waals surface area contributed by atoms with Gasteiger partial charge < -0.3 is 10.7 Å². The van der Waals surface area contributed by atoms with Crippen LogP contribution in [-0.4, -0.2) is 11.5 Å². The number of nitrogens with two attached hydrogens (primary N) is 1. The third-order valence-electron chi connectivity index (χ3n) is 1.88. The van der Waals surface area contributed by atoms with Gasteiger partial charge in [-0.3, -0.25) is 0 Å². The van der Waals surface area contributed by atoms with Crippen LogP contribution < -0.4 is 5.73 Å². The molecule has 0 aliphatic rings. The molecule has 0 bridgehead atoms. The molecule has 2 nitrogen and oxygen atoms in total. The number of para-hydroxylation sites is 1. The summed E-state index contributed by atoms with van der Waals surface area (Å²) >= 11 is 0. The molecule has 3 heteroatoms. The van der Waals surface area contributed by atoms with Crippen LogP contribution in [0.4, 0.5) is 0 Å². The molecule has 1 aromatic carbocycles. The number of rotatable bonds is 2. The molecule has 0 unspecified atom stereocenters. The molecular formula is C10H13ClN2. The van der Waals surface area contributed by atoms with E-state index in [0.29, 0.717) is 5.56 Å². The summed E-state index contributed by atoms with van der Waals surface area (Å²) in [6.07, 6.45) is 0.233. The Hall–Kier alpha value is -0.990. The largest absolute Gasteiger partial charge is 0.361 e. The van der Waals surface area contributed by atoms with Gasteiger partial charge in [0.05, 0.1) is 0 Å². The van der Waals surface area contributed by atoms with Gasteiger partial charge in [0.2, 0.25) is 0 Å². The molecule has 1 aromatic heterocycles. The number of benzene rings is 1. The summed E-state index contributed by atoms with van der Waals surface area (Å²) in [6.45, 7) is -0.00511. The fourth-order valence-electron chi connectivity index (χ4n) is 1.33. The van der Waals surface area contributed by atoms with Crippen LogP contribution in [0.3, 0.4) is 0 Å². The van der Waals surface area contributed by atoms with E-state index in [0.717, 1.165) is 10.9 Å². The standard InChI is InChI=1S/C10H12N2.ClH/c11-6-5-8-7-12-10-4-2-1-3-9(8)10;/h1-4,7,12H,5-6,11H2;1H/i5D2;. The van der Waals surface area contributed by atoms with E-state index in [9.17, 15) is 0 Å². The lowest BCUT2D eigenvalue weighted by Gasteiger charge is -1.93. The Bertz CT molecular complexity index is 453. The van der Waals surface area contributed by atoms with Gasteiger partial charge in [0.25, 0.3) is 0 Å². The van der Waals surface area contributed by atoms with Crippen molar-refractivity contribution in [2.45, 2.75) is 6.37 Å². The minimum atomic E-state index is -1.46. The molecule has 2 aromatic rings. The first-order valence-corrected chi connectivity index (χ1v) is 3.92. The van der Waals surface area contributed by atoms with Crippen LogP contribution in [0.15, 0.2) is 30.5 Å². The molecule has 70 valence electrons. The Kier molecular flexibility index (Phi) is 2.46. The highest BCUT2D eigenvalue weighted by atomic mass is 35.5. The number of nitrogens with one attached hydrogen (secondary N) is 1. The number of aromatic nitrogens is 1. The van der Waals surface area contributed by atoms with Crippen LogP contribution in [0.25, 0.3) is 10.9 Å². The average molecular weight is 199 g/mol. The minimum Gasteiger partial charge on any atom is -0.361 e. The predicted octanol–water partition coefficient (Wildman–Crippen LogP) is 2.09. The van der Waals surface area contributed by atoms with Crippen LogP contribution in [-0.2, 0) is 6.37 Å². The molecule has 0 radical (unpaired) electrons. The second kappa shape index (κ2) is 4.30. The Labute approximate surface area is 86.4 Å². The second-order valence-electron chi connectivity index (χ2n) is 2.63. The highest BCUT2D eigenvalue weighted by Gasteiger charge is 1.99. The van der Waals surface area contributed by atoms with Crippen LogP contribution in [0.2, 0.25) is 0 Å². The first-order chi connectivity index (χ1) is 6.65. The monoisotopic (exact) mass is 198 g/mol. The van der Waals surface area contributed by atoms with Crippen molar-refractivity contribution < 1.29 is 2.74 Å². The summed E-state index contributed by atoms with van der Waals surface area (Å²) in [5, 5.41) is 0.906. The van der Waals surface area contributed by atoms with Gasteiger partial charge in [0.15, 0.2) is 0 Å². The lowest BCUT2D eigenvalue weighted by molar-refractivity contribution is 0.976. The van der Waals surface area contributed by atoms with E-state index in [2.05, 4.69) is 4.98 Å². The van der Waals surface area contributed by atoms with Gasteiger partial charge in [-0.05, 0) is 24.5 Å². The van der Waals surface area contributed by atoms with Crippen LogP contribution >= 0.6 is 12.4 Å². The van der Waals surface area contributed by atoms with Crippen molar-refractivity contribution in [3.05, 3.63) is 36.0 Å². The smallest absolute Gasteiger partial charge is 0.0456 e. The van der Waals surface area contributed by atoms with Gasteiger partial charge in [-0.2, -0.15) is 0 Å². The first kappa shape index (κ1) is 7.42. The maximum Gasteiger partial charge on any atom is 0.0456 e. The van der Waals surface area contributed by atoms with Crippen LogP contribution in [0, 0.1) is 0 Å². The number of H-pyrrole nitrogens is 1. The van der Waals surface area contributed by atoms with E-state index < -0.39 is 6.37 Å². The molecule has 0 saturated carbocycles. The molecule has 3 N–H and O–H groups in total. The molecule has 0 atom stereocenters. The fraction of sp³-hybridized carbons (Fsp3) is 0.200. The molecule has 0 saturated heterocycles. The molecule has 0 amide bonds. The van der Waals surface area contributed by atoms with Crippen molar-refractivity contribution >= 4 is 23.3 Å². The van der Waals surface area contributed by atoms with Gasteiger partial charge in [0.1, 0.15) is 0 Å². The number of fused-ring (bicyclic) bond motifs is 1. The van der Waals surface area contributed by atoms with Crippen molar-refractivity contribution in [3.63, 3.8) is 0 Å². The van der Waals surface area contributed by atoms with Crippen molar-refractivity contribution in [1.29, 1.82) is 0 Å². The molecule has 1 heterocycles. The zero-order valence-electron chi connectivity index (χ0n) is 9.08. The summed E-state index contributed by atoms with van der Waals surface area (Å²) in [7, 11) is 0. The van der Waals surface area contributed by atoms with Gasteiger partial charge in [-0.1, -0.05) is 18.2 Å². The number of aromatic amines is 1. The molecule has 0 spiro atoms. The summed E-state index contributed by atoms with van der Waals surface area (Å²) in [5.41, 5.74) is 6.98. The van der Waals surface area contributed by atoms with E-state index in [1.165, 1.54) is 0 Å². The lowest BCUT2D eigenvalue weighted by Crippen LogP contribution is -2.01. The SMILES string of the molecule is Cl.[2H]C([2H])(CN)c1c[nH]c2ccccc12. The van der Waals surface area contributed by atoms with E-state index in [4.69, 9.17) is 8.48 Å². The van der Waals surface area contributed by atoms with E-state index in [1.807, 2.05) is 24.3 Å². The minimum absolute atomic E-state index is 0. The average Bonchev–Trinajstić information content (AvgIpc) is 2.61. The topological polar surface area (TPSA) is 41.8 Å². The van der Waals surface area contributed by atoms with E-state index in [1.54, 1.807) is 6.20 Å². The molecule has 0 fully saturated rings. The summed E-state index contributed by atoms with van der Waals surface area (Å²) < 4.78 is 15.5. The zero-order valence-corrected chi connectivity index (χ0v) is 7.90. The van der Waals surface area contributed by atoms with Gasteiger partial charge in [0, 0.05) is 19.8 Å². The quantitative estimate of drug-likeness (QED) is 0.763. The highest BCUT2D eigenvalue weighted by molar-refractivity contribution is 5.85. The van der Waals surface area contributed by atoms with Gasteiger partial charge >= 0.3 is 0 Å². The first-order valence-electron chi connectivity index (χ1n) is 4.92. The third-order valence-corrected chi connectivity index (χ3v) is 1.88. The van der Waals surface area contributed by atoms with Crippen molar-refractivity contribution in [2.24, 2.45) is 5.73 Å². The second-order valence-corrected chi connectivity index (χ2v) is 2.63. The summed E-state index contributed by atoms with van der Waals surface area (Å²) in [4.78, 5) is 3.03. The lowest BCUT2D eigenvalue weighted by atomic mass is 10.1. The van der Waals surface area contributed by atoms with Crippen molar-refractivity contribution in [1.82, 2.24) is 4.98 Å². The van der Waals surface area contributed by atoms with Gasteiger partial charge in [-0.15, -0.1) is 12.4 Å². The summed E-state index contributed by atoms with van der Waals surface area (Å²) in [6, 6.07) is 7.63. The molecular weight excluding hydrogens is 184 g/mol. The maximum atomic E-state index is 7.74. The fourth-order valence-corrected chi connectivity index (χ4v) is 1.33. The summed E-state index contributed by atoms with van der Waals surface area (Å²) in [5.74, 6) is 0. The molecule has 13 heavy (non-hydrogen) atoms. The molecule has 0 aliphatic heterocycles. The molecule has 2 rings (SSSR count). The Morgan fingerprint density at radius 2 is 2.15 bits per heavy atom. The van der Waals surface area contributed by atoms with E-state index >= 15 is 0 Å². The number of hydrogen-bond donors (Lipinski definition) is 2. The maximum absolute atomic E-state index is 7.74. The Morgan fingerprint density at radius 1 is 1.38 bits per heavy atom. The van der Waals surface area contributed by atoms with Crippen LogP contribution in [0.1, 0.15) is 8.30 Å². The Balaban J connectivity index is 0.00000112. The normalized spacial score (nSPS) is 13.3. The van der Waals surface area contributed by atoms with Crippen LogP contribution in [0.5, 0.6) is 0 Å².